The van der Waals surface area contributed by atoms with E-state index in [1.807, 2.05) is 6.92 Å². The number of nitrogens with two attached hydrogens (primary N) is 1. The maximum absolute atomic E-state index is 11.2. The third-order valence-corrected chi connectivity index (χ3v) is 2.04. The van der Waals surface area contributed by atoms with Gasteiger partial charge < -0.3 is 11.1 Å². The summed E-state index contributed by atoms with van der Waals surface area (Å²) in [7, 11) is 0. The van der Waals surface area contributed by atoms with Gasteiger partial charge >= 0.3 is 0 Å². The molecule has 0 bridgehead atoms. The Kier molecular flexibility index (Phi) is 7.69. The van der Waals surface area contributed by atoms with Gasteiger partial charge in [0.25, 0.3) is 0 Å². The Morgan fingerprint density at radius 1 is 1.46 bits per heavy atom. The molecule has 0 heterocycles. The van der Waals surface area contributed by atoms with Crippen molar-refractivity contribution in [1.82, 2.24) is 5.32 Å². The van der Waals surface area contributed by atoms with E-state index in [0.29, 0.717) is 18.9 Å². The van der Waals surface area contributed by atoms with E-state index in [0.717, 1.165) is 13.0 Å². The summed E-state index contributed by atoms with van der Waals surface area (Å²) in [4.78, 5) is 11.2. The summed E-state index contributed by atoms with van der Waals surface area (Å²) in [5.41, 5.74) is 5.42. The van der Waals surface area contributed by atoms with Crippen LogP contribution in [0.2, 0.25) is 0 Å². The van der Waals surface area contributed by atoms with Crippen molar-refractivity contribution in [2.45, 2.75) is 39.5 Å². The number of amides is 1. The summed E-state index contributed by atoms with van der Waals surface area (Å²) < 4.78 is 0. The molecule has 0 aromatic heterocycles. The number of carbonyl (C=O) groups excluding carboxylic acids is 1. The molecule has 0 saturated carbocycles. The zero-order valence-corrected chi connectivity index (χ0v) is 8.81. The SMILES string of the molecule is CCCCCNC(=O)CC(C)CN. The third-order valence-electron chi connectivity index (χ3n) is 2.04. The lowest BCUT2D eigenvalue weighted by molar-refractivity contribution is -0.121. The smallest absolute Gasteiger partial charge is 0.220 e. The molecule has 78 valence electrons. The van der Waals surface area contributed by atoms with Gasteiger partial charge in [-0.3, -0.25) is 4.79 Å². The second-order valence-corrected chi connectivity index (χ2v) is 3.60. The normalized spacial score (nSPS) is 12.5. The predicted octanol–water partition coefficient (Wildman–Crippen LogP) is 1.28. The van der Waals surface area contributed by atoms with E-state index in [2.05, 4.69) is 12.2 Å². The molecule has 0 aliphatic heterocycles. The van der Waals surface area contributed by atoms with Gasteiger partial charge in [0.2, 0.25) is 5.91 Å². The Balaban J connectivity index is 3.30. The topological polar surface area (TPSA) is 55.1 Å². The molecule has 0 aromatic rings. The highest BCUT2D eigenvalue weighted by Crippen LogP contribution is 1.98. The van der Waals surface area contributed by atoms with Crippen LogP contribution < -0.4 is 11.1 Å². The fourth-order valence-corrected chi connectivity index (χ4v) is 1.07. The number of rotatable bonds is 7. The number of hydrogen-bond donors (Lipinski definition) is 2. The summed E-state index contributed by atoms with van der Waals surface area (Å²) >= 11 is 0. The van der Waals surface area contributed by atoms with E-state index in [-0.39, 0.29) is 5.91 Å². The molecule has 0 spiro atoms. The minimum Gasteiger partial charge on any atom is -0.356 e. The summed E-state index contributed by atoms with van der Waals surface area (Å²) in [6.45, 7) is 5.54. The molecular formula is C10H22N2O. The zero-order chi connectivity index (χ0) is 10.1. The van der Waals surface area contributed by atoms with Gasteiger partial charge in [-0.15, -0.1) is 0 Å². The molecule has 3 nitrogen and oxygen atoms in total. The van der Waals surface area contributed by atoms with Gasteiger partial charge in [0.1, 0.15) is 0 Å². The van der Waals surface area contributed by atoms with Gasteiger partial charge in [-0.05, 0) is 18.9 Å². The van der Waals surface area contributed by atoms with E-state index in [1.165, 1.54) is 12.8 Å². The molecule has 3 heteroatoms. The van der Waals surface area contributed by atoms with Crippen molar-refractivity contribution >= 4 is 5.91 Å². The summed E-state index contributed by atoms with van der Waals surface area (Å²) in [6.07, 6.45) is 4.02. The van der Waals surface area contributed by atoms with Crippen molar-refractivity contribution in [1.29, 1.82) is 0 Å². The first-order valence-corrected chi connectivity index (χ1v) is 5.17. The predicted molar refractivity (Wildman–Crippen MR) is 55.4 cm³/mol. The Bertz CT molecular complexity index is 137. The Morgan fingerprint density at radius 2 is 2.15 bits per heavy atom. The molecule has 1 unspecified atom stereocenters. The Morgan fingerprint density at radius 3 is 2.69 bits per heavy atom. The summed E-state index contributed by atoms with van der Waals surface area (Å²) in [6, 6.07) is 0. The Hall–Kier alpha value is -0.570. The molecule has 1 atom stereocenters. The molecule has 13 heavy (non-hydrogen) atoms. The van der Waals surface area contributed by atoms with Gasteiger partial charge in [-0.1, -0.05) is 26.7 Å². The van der Waals surface area contributed by atoms with Crippen LogP contribution in [-0.2, 0) is 4.79 Å². The quantitative estimate of drug-likeness (QED) is 0.588. The van der Waals surface area contributed by atoms with Crippen molar-refractivity contribution in [2.24, 2.45) is 11.7 Å². The summed E-state index contributed by atoms with van der Waals surface area (Å²) in [5.74, 6) is 0.431. The number of carbonyl (C=O) groups is 1. The van der Waals surface area contributed by atoms with Crippen LogP contribution in [-0.4, -0.2) is 19.0 Å². The van der Waals surface area contributed by atoms with Crippen LogP contribution in [0.15, 0.2) is 0 Å². The molecule has 0 radical (unpaired) electrons. The van der Waals surface area contributed by atoms with Crippen molar-refractivity contribution in [3.63, 3.8) is 0 Å². The van der Waals surface area contributed by atoms with Crippen LogP contribution >= 0.6 is 0 Å². The van der Waals surface area contributed by atoms with E-state index < -0.39 is 0 Å². The van der Waals surface area contributed by atoms with Crippen LogP contribution in [0.3, 0.4) is 0 Å². The molecule has 0 rings (SSSR count). The molecule has 0 aliphatic rings. The lowest BCUT2D eigenvalue weighted by atomic mass is 10.1. The molecule has 0 fully saturated rings. The first-order valence-electron chi connectivity index (χ1n) is 5.17. The highest BCUT2D eigenvalue weighted by Gasteiger charge is 2.05. The van der Waals surface area contributed by atoms with Crippen molar-refractivity contribution in [3.05, 3.63) is 0 Å². The number of nitrogens with one attached hydrogen (secondary N) is 1. The molecular weight excluding hydrogens is 164 g/mol. The van der Waals surface area contributed by atoms with Crippen molar-refractivity contribution < 1.29 is 4.79 Å². The first kappa shape index (κ1) is 12.4. The lowest BCUT2D eigenvalue weighted by Gasteiger charge is -2.08. The second kappa shape index (κ2) is 8.05. The number of hydrogen-bond acceptors (Lipinski definition) is 2. The highest BCUT2D eigenvalue weighted by atomic mass is 16.1. The van der Waals surface area contributed by atoms with Gasteiger partial charge in [0.15, 0.2) is 0 Å². The van der Waals surface area contributed by atoms with E-state index in [1.54, 1.807) is 0 Å². The molecule has 1 amide bonds. The van der Waals surface area contributed by atoms with Crippen LogP contribution in [0.4, 0.5) is 0 Å². The van der Waals surface area contributed by atoms with Gasteiger partial charge in [-0.25, -0.2) is 0 Å². The minimum absolute atomic E-state index is 0.133. The van der Waals surface area contributed by atoms with Crippen molar-refractivity contribution in [2.75, 3.05) is 13.1 Å². The maximum atomic E-state index is 11.2. The third kappa shape index (κ3) is 7.78. The Labute approximate surface area is 81.1 Å². The van der Waals surface area contributed by atoms with Crippen LogP contribution in [0, 0.1) is 5.92 Å². The average molecular weight is 186 g/mol. The van der Waals surface area contributed by atoms with Crippen LogP contribution in [0.1, 0.15) is 39.5 Å². The van der Waals surface area contributed by atoms with Gasteiger partial charge in [0, 0.05) is 13.0 Å². The zero-order valence-electron chi connectivity index (χ0n) is 8.81. The first-order chi connectivity index (χ1) is 6.20. The monoisotopic (exact) mass is 186 g/mol. The van der Waals surface area contributed by atoms with E-state index in [4.69, 9.17) is 5.73 Å². The summed E-state index contributed by atoms with van der Waals surface area (Å²) in [5, 5.41) is 2.89. The second-order valence-electron chi connectivity index (χ2n) is 3.60. The fourth-order valence-electron chi connectivity index (χ4n) is 1.07. The highest BCUT2D eigenvalue weighted by molar-refractivity contribution is 5.76. The molecule has 0 saturated heterocycles. The standard InChI is InChI=1S/C10H22N2O/c1-3-4-5-6-12-10(13)7-9(2)8-11/h9H,3-8,11H2,1-2H3,(H,12,13). The van der Waals surface area contributed by atoms with E-state index in [9.17, 15) is 4.79 Å². The number of unbranched alkanes of at least 4 members (excludes halogenated alkanes) is 2. The maximum Gasteiger partial charge on any atom is 0.220 e. The van der Waals surface area contributed by atoms with Gasteiger partial charge in [-0.2, -0.15) is 0 Å². The van der Waals surface area contributed by atoms with Gasteiger partial charge in [0.05, 0.1) is 0 Å². The van der Waals surface area contributed by atoms with Crippen molar-refractivity contribution in [3.8, 4) is 0 Å². The molecule has 3 N–H and O–H groups in total. The lowest BCUT2D eigenvalue weighted by Crippen LogP contribution is -2.27. The van der Waals surface area contributed by atoms with E-state index >= 15 is 0 Å². The molecule has 0 aromatic carbocycles. The van der Waals surface area contributed by atoms with Crippen LogP contribution in [0.25, 0.3) is 0 Å². The fraction of sp³-hybridized carbons (Fsp3) is 0.900. The molecule has 0 aliphatic carbocycles. The largest absolute Gasteiger partial charge is 0.356 e. The average Bonchev–Trinajstić information content (AvgIpc) is 2.12. The van der Waals surface area contributed by atoms with Crippen LogP contribution in [0.5, 0.6) is 0 Å². The minimum atomic E-state index is 0.133.